The van der Waals surface area contributed by atoms with Crippen LogP contribution in [0.4, 0.5) is 10.5 Å². The summed E-state index contributed by atoms with van der Waals surface area (Å²) in [5.41, 5.74) is -1.07. The molecule has 9 nitrogen and oxygen atoms in total. The molecule has 0 amide bonds. The molecule has 2 rings (SSSR count). The van der Waals surface area contributed by atoms with Crippen LogP contribution in [0.15, 0.2) is 48.5 Å². The summed E-state index contributed by atoms with van der Waals surface area (Å²) in [5, 5.41) is 10.6. The van der Waals surface area contributed by atoms with Crippen LogP contribution in [-0.4, -0.2) is 23.5 Å². The molecule has 0 saturated carbocycles. The number of nitro benzene ring substituents is 1. The van der Waals surface area contributed by atoms with Gasteiger partial charge in [0.1, 0.15) is 11.5 Å². The van der Waals surface area contributed by atoms with Crippen molar-refractivity contribution in [1.82, 2.24) is 0 Å². The third-order valence-corrected chi connectivity index (χ3v) is 4.67. The van der Waals surface area contributed by atoms with Gasteiger partial charge in [-0.25, -0.2) is 9.36 Å². The van der Waals surface area contributed by atoms with E-state index in [1.807, 2.05) is 0 Å². The number of benzene rings is 2. The number of non-ortho nitro benzene ring substituents is 1. The molecule has 0 aliphatic carbocycles. The largest absolute Gasteiger partial charge is 0.488 e. The van der Waals surface area contributed by atoms with Crippen LogP contribution < -0.4 is 9.26 Å². The molecule has 0 heterocycles. The fourth-order valence-corrected chi connectivity index (χ4v) is 2.75. The first-order valence-corrected chi connectivity index (χ1v) is 8.72. The molecular weight excluding hydrogens is 365 g/mol. The molecular formula is C16H14NO8P. The van der Waals surface area contributed by atoms with E-state index >= 15 is 0 Å². The minimum Gasteiger partial charge on any atom is -0.417 e. The topological polar surface area (TPSA) is 122 Å². The minimum absolute atomic E-state index is 0.0424. The molecule has 1 unspecified atom stereocenters. The SMILES string of the molecule is COP(=O)(Oc1ccc(C(C)=O)cc1)C(=O)Oc1ccc([N+](=O)[O-])cc1. The van der Waals surface area contributed by atoms with E-state index in [4.69, 9.17) is 13.8 Å². The van der Waals surface area contributed by atoms with Crippen molar-refractivity contribution in [1.29, 1.82) is 0 Å². The summed E-state index contributed by atoms with van der Waals surface area (Å²) in [6, 6.07) is 10.2. The van der Waals surface area contributed by atoms with Crippen LogP contribution in [0.25, 0.3) is 0 Å². The van der Waals surface area contributed by atoms with Gasteiger partial charge in [-0.2, -0.15) is 0 Å². The lowest BCUT2D eigenvalue weighted by Gasteiger charge is -2.15. The second kappa shape index (κ2) is 7.90. The van der Waals surface area contributed by atoms with Gasteiger partial charge in [0.15, 0.2) is 5.78 Å². The van der Waals surface area contributed by atoms with E-state index in [0.717, 1.165) is 19.2 Å². The van der Waals surface area contributed by atoms with E-state index in [1.165, 1.54) is 43.3 Å². The number of rotatable bonds is 7. The van der Waals surface area contributed by atoms with E-state index in [0.29, 0.717) is 5.56 Å². The van der Waals surface area contributed by atoms with Crippen molar-refractivity contribution in [2.45, 2.75) is 6.92 Å². The van der Waals surface area contributed by atoms with Gasteiger partial charge in [-0.05, 0) is 43.3 Å². The fraction of sp³-hybridized carbons (Fsp3) is 0.125. The van der Waals surface area contributed by atoms with Gasteiger partial charge >= 0.3 is 13.3 Å². The lowest BCUT2D eigenvalue weighted by atomic mass is 10.1. The highest BCUT2D eigenvalue weighted by atomic mass is 31.2. The molecule has 0 saturated heterocycles. The first kappa shape index (κ1) is 19.3. The predicted molar refractivity (Wildman–Crippen MR) is 90.8 cm³/mol. The molecule has 2 aromatic carbocycles. The minimum atomic E-state index is -4.33. The Bertz CT molecular complexity index is 876. The summed E-state index contributed by atoms with van der Waals surface area (Å²) < 4.78 is 27.3. The molecule has 10 heteroatoms. The molecule has 0 bridgehead atoms. The van der Waals surface area contributed by atoms with Crippen LogP contribution in [0, 0.1) is 10.1 Å². The van der Waals surface area contributed by atoms with Gasteiger partial charge < -0.3 is 9.26 Å². The maximum atomic E-state index is 12.6. The zero-order chi connectivity index (χ0) is 19.3. The molecule has 26 heavy (non-hydrogen) atoms. The van der Waals surface area contributed by atoms with Crippen molar-refractivity contribution >= 4 is 24.8 Å². The number of carbonyl (C=O) groups is 2. The number of Topliss-reactive ketones (excluding diaryl/α,β-unsaturated/α-hetero) is 1. The summed E-state index contributed by atoms with van der Waals surface area (Å²) in [4.78, 5) is 33.4. The predicted octanol–water partition coefficient (Wildman–Crippen LogP) is 4.21. The second-order valence-corrected chi connectivity index (χ2v) is 6.88. The van der Waals surface area contributed by atoms with Gasteiger partial charge in [-0.3, -0.25) is 19.4 Å². The summed E-state index contributed by atoms with van der Waals surface area (Å²) >= 11 is 0. The van der Waals surface area contributed by atoms with Crippen LogP contribution in [-0.2, 0) is 9.09 Å². The number of ether oxygens (including phenoxy) is 1. The summed E-state index contributed by atoms with van der Waals surface area (Å²) in [5.74, 6) is -0.182. The zero-order valence-electron chi connectivity index (χ0n) is 13.8. The van der Waals surface area contributed by atoms with E-state index in [9.17, 15) is 24.3 Å². The van der Waals surface area contributed by atoms with Gasteiger partial charge in [0.2, 0.25) is 0 Å². The van der Waals surface area contributed by atoms with Gasteiger partial charge in [0, 0.05) is 24.8 Å². The second-order valence-electron chi connectivity index (χ2n) is 4.97. The standard InChI is InChI=1S/C16H14NO8P/c1-11(18)12-3-7-15(8-4-12)25-26(22,23-2)16(19)24-14-9-5-13(6-10-14)17(20)21/h3-10H,1-2H3. The molecule has 0 aliphatic rings. The maximum Gasteiger partial charge on any atom is 0.488 e. The van der Waals surface area contributed by atoms with Crippen LogP contribution in [0.3, 0.4) is 0 Å². The van der Waals surface area contributed by atoms with E-state index in [2.05, 4.69) is 0 Å². The molecule has 136 valence electrons. The molecule has 1 atom stereocenters. The third kappa shape index (κ3) is 4.53. The van der Waals surface area contributed by atoms with Crippen molar-refractivity contribution in [2.24, 2.45) is 0 Å². The number of nitro groups is 1. The maximum absolute atomic E-state index is 12.6. The van der Waals surface area contributed by atoms with Crippen molar-refractivity contribution < 1.29 is 32.9 Å². The normalized spacial score (nSPS) is 12.7. The van der Waals surface area contributed by atoms with Crippen molar-refractivity contribution in [2.75, 3.05) is 7.11 Å². The Hall–Kier alpha value is -3.03. The Kier molecular flexibility index (Phi) is 5.86. The highest BCUT2D eigenvalue weighted by Crippen LogP contribution is 2.49. The van der Waals surface area contributed by atoms with Crippen LogP contribution in [0.5, 0.6) is 11.5 Å². The van der Waals surface area contributed by atoms with Gasteiger partial charge in [0.05, 0.1) is 4.92 Å². The van der Waals surface area contributed by atoms with Gasteiger partial charge in [-0.15, -0.1) is 0 Å². The van der Waals surface area contributed by atoms with Gasteiger partial charge in [-0.1, -0.05) is 0 Å². The van der Waals surface area contributed by atoms with Crippen LogP contribution in [0.1, 0.15) is 17.3 Å². The molecule has 0 fully saturated rings. The number of carbonyl (C=O) groups excluding carboxylic acids is 2. The average molecular weight is 379 g/mol. The highest BCUT2D eigenvalue weighted by Gasteiger charge is 2.38. The highest BCUT2D eigenvalue weighted by molar-refractivity contribution is 7.71. The number of hydrogen-bond donors (Lipinski definition) is 0. The van der Waals surface area contributed by atoms with Crippen LogP contribution in [0.2, 0.25) is 0 Å². The third-order valence-electron chi connectivity index (χ3n) is 3.20. The summed E-state index contributed by atoms with van der Waals surface area (Å²) in [7, 11) is -3.31. The average Bonchev–Trinajstić information content (AvgIpc) is 2.62. The van der Waals surface area contributed by atoms with Crippen molar-refractivity contribution in [3.63, 3.8) is 0 Å². The summed E-state index contributed by atoms with van der Waals surface area (Å²) in [6.45, 7) is 1.39. The quantitative estimate of drug-likeness (QED) is 0.303. The molecule has 0 aromatic heterocycles. The lowest BCUT2D eigenvalue weighted by Crippen LogP contribution is -2.12. The van der Waals surface area contributed by atoms with E-state index < -0.39 is 18.2 Å². The Balaban J connectivity index is 2.13. The molecule has 0 aliphatic heterocycles. The smallest absolute Gasteiger partial charge is 0.417 e. The zero-order valence-corrected chi connectivity index (χ0v) is 14.7. The fourth-order valence-electron chi connectivity index (χ4n) is 1.83. The monoisotopic (exact) mass is 379 g/mol. The first-order valence-electron chi connectivity index (χ1n) is 7.18. The first-order chi connectivity index (χ1) is 12.2. The lowest BCUT2D eigenvalue weighted by molar-refractivity contribution is -0.384. The Morgan fingerprint density at radius 3 is 2.00 bits per heavy atom. The molecule has 0 radical (unpaired) electrons. The Labute approximate surface area is 148 Å². The van der Waals surface area contributed by atoms with Crippen LogP contribution >= 0.6 is 7.60 Å². The summed E-state index contributed by atoms with van der Waals surface area (Å²) in [6.07, 6.45) is 0. The number of hydrogen-bond acceptors (Lipinski definition) is 8. The van der Waals surface area contributed by atoms with E-state index in [-0.39, 0.29) is 23.0 Å². The van der Waals surface area contributed by atoms with E-state index in [1.54, 1.807) is 0 Å². The molecule has 0 N–H and O–H groups in total. The molecule has 0 spiro atoms. The molecule has 2 aromatic rings. The Morgan fingerprint density at radius 1 is 1.00 bits per heavy atom. The van der Waals surface area contributed by atoms with Crippen molar-refractivity contribution in [3.8, 4) is 11.5 Å². The number of nitrogens with zero attached hydrogens (tertiary/aromatic N) is 1. The number of ketones is 1. The van der Waals surface area contributed by atoms with Gasteiger partial charge in [0.25, 0.3) is 5.69 Å². The van der Waals surface area contributed by atoms with Crippen molar-refractivity contribution in [3.05, 3.63) is 64.2 Å². The Morgan fingerprint density at radius 2 is 1.54 bits per heavy atom.